The molecule has 1 atom stereocenters. The lowest BCUT2D eigenvalue weighted by molar-refractivity contribution is 0.574. The fourth-order valence-corrected chi connectivity index (χ4v) is 1.31. The van der Waals surface area contributed by atoms with Crippen LogP contribution in [-0.2, 0) is 0 Å². The Morgan fingerprint density at radius 1 is 1.08 bits per heavy atom. The van der Waals surface area contributed by atoms with Crippen LogP contribution in [0.2, 0.25) is 0 Å². The van der Waals surface area contributed by atoms with Crippen LogP contribution in [0.3, 0.4) is 0 Å². The van der Waals surface area contributed by atoms with Gasteiger partial charge in [0.1, 0.15) is 0 Å². The van der Waals surface area contributed by atoms with Crippen LogP contribution in [-0.4, -0.2) is 0 Å². The van der Waals surface area contributed by atoms with Crippen molar-refractivity contribution in [2.24, 2.45) is 5.92 Å². The Kier molecular flexibility index (Phi) is 8.64. The monoisotopic (exact) mass is 168 g/mol. The molecule has 12 heavy (non-hydrogen) atoms. The van der Waals surface area contributed by atoms with Crippen LogP contribution in [0.5, 0.6) is 0 Å². The summed E-state index contributed by atoms with van der Waals surface area (Å²) in [6, 6.07) is 0. The third-order valence-electron chi connectivity index (χ3n) is 2.18. The Morgan fingerprint density at radius 2 is 1.83 bits per heavy atom. The second-order valence-corrected chi connectivity index (χ2v) is 3.69. The highest BCUT2D eigenvalue weighted by atomic mass is 14.0. The van der Waals surface area contributed by atoms with Gasteiger partial charge in [-0.2, -0.15) is 0 Å². The van der Waals surface area contributed by atoms with Crippen molar-refractivity contribution < 1.29 is 0 Å². The predicted molar refractivity (Wildman–Crippen MR) is 57.4 cm³/mol. The van der Waals surface area contributed by atoms with Crippen LogP contribution in [0.1, 0.15) is 59.3 Å². The predicted octanol–water partition coefficient (Wildman–Crippen LogP) is 4.56. The zero-order valence-corrected chi connectivity index (χ0v) is 8.97. The number of hydrogen-bond donors (Lipinski definition) is 0. The molecule has 0 saturated heterocycles. The van der Waals surface area contributed by atoms with Gasteiger partial charge in [-0.25, -0.2) is 0 Å². The van der Waals surface area contributed by atoms with Crippen LogP contribution < -0.4 is 0 Å². The van der Waals surface area contributed by atoms with Gasteiger partial charge in [0, 0.05) is 0 Å². The van der Waals surface area contributed by atoms with E-state index in [1.807, 2.05) is 0 Å². The standard InChI is InChI=1S/C12H24/c1-4-6-8-10-12(3)11-9-7-5-2/h8,10,12H,4-7,9,11H2,1-3H3. The number of allylic oxidation sites excluding steroid dienone is 2. The first-order valence-corrected chi connectivity index (χ1v) is 5.47. The van der Waals surface area contributed by atoms with Crippen molar-refractivity contribution in [3.8, 4) is 0 Å². The van der Waals surface area contributed by atoms with E-state index in [0.717, 1.165) is 5.92 Å². The van der Waals surface area contributed by atoms with E-state index in [9.17, 15) is 0 Å². The van der Waals surface area contributed by atoms with Gasteiger partial charge in [-0.15, -0.1) is 0 Å². The summed E-state index contributed by atoms with van der Waals surface area (Å²) in [6.45, 7) is 6.81. The fourth-order valence-electron chi connectivity index (χ4n) is 1.31. The SMILES string of the molecule is CCCC=CC(C)CCCCC. The van der Waals surface area contributed by atoms with Crippen molar-refractivity contribution >= 4 is 0 Å². The van der Waals surface area contributed by atoms with E-state index < -0.39 is 0 Å². The molecule has 0 nitrogen and oxygen atoms in total. The molecule has 0 aromatic carbocycles. The first kappa shape index (κ1) is 11.7. The summed E-state index contributed by atoms with van der Waals surface area (Å²) in [5.41, 5.74) is 0. The molecule has 0 rings (SSSR count). The molecule has 0 fully saturated rings. The summed E-state index contributed by atoms with van der Waals surface area (Å²) in [7, 11) is 0. The minimum absolute atomic E-state index is 0.795. The Hall–Kier alpha value is -0.260. The lowest BCUT2D eigenvalue weighted by atomic mass is 10.0. The fraction of sp³-hybridized carbons (Fsp3) is 0.833. The van der Waals surface area contributed by atoms with Gasteiger partial charge < -0.3 is 0 Å². The van der Waals surface area contributed by atoms with E-state index in [-0.39, 0.29) is 0 Å². The maximum atomic E-state index is 2.37. The zero-order valence-electron chi connectivity index (χ0n) is 8.97. The lowest BCUT2D eigenvalue weighted by Crippen LogP contribution is -1.88. The minimum Gasteiger partial charge on any atom is -0.0883 e. The molecule has 0 heterocycles. The molecule has 0 aromatic rings. The molecule has 0 spiro atoms. The van der Waals surface area contributed by atoms with Gasteiger partial charge in [0.25, 0.3) is 0 Å². The molecular formula is C12H24. The van der Waals surface area contributed by atoms with Gasteiger partial charge in [0.05, 0.1) is 0 Å². The van der Waals surface area contributed by atoms with Gasteiger partial charge in [-0.1, -0.05) is 58.6 Å². The molecule has 0 heteroatoms. The highest BCUT2D eigenvalue weighted by Gasteiger charge is 1.94. The molecule has 0 aliphatic carbocycles. The van der Waals surface area contributed by atoms with Crippen molar-refractivity contribution in [3.05, 3.63) is 12.2 Å². The van der Waals surface area contributed by atoms with Crippen molar-refractivity contribution in [2.45, 2.75) is 59.3 Å². The van der Waals surface area contributed by atoms with Gasteiger partial charge in [-0.05, 0) is 18.8 Å². The summed E-state index contributed by atoms with van der Waals surface area (Å²) in [6.07, 6.45) is 12.7. The summed E-state index contributed by atoms with van der Waals surface area (Å²) in [5.74, 6) is 0.795. The van der Waals surface area contributed by atoms with Gasteiger partial charge >= 0.3 is 0 Å². The number of rotatable bonds is 7. The average Bonchev–Trinajstić information content (AvgIpc) is 2.06. The molecule has 0 N–H and O–H groups in total. The molecule has 0 saturated carbocycles. The number of hydrogen-bond acceptors (Lipinski definition) is 0. The molecule has 72 valence electrons. The van der Waals surface area contributed by atoms with Crippen LogP contribution >= 0.6 is 0 Å². The molecule has 0 bridgehead atoms. The van der Waals surface area contributed by atoms with Crippen molar-refractivity contribution in [1.82, 2.24) is 0 Å². The average molecular weight is 168 g/mol. The summed E-state index contributed by atoms with van der Waals surface area (Å²) in [4.78, 5) is 0. The molecular weight excluding hydrogens is 144 g/mol. The highest BCUT2D eigenvalue weighted by Crippen LogP contribution is 2.10. The smallest absolute Gasteiger partial charge is 0.0262 e. The maximum Gasteiger partial charge on any atom is -0.0262 e. The lowest BCUT2D eigenvalue weighted by Gasteiger charge is -2.04. The first-order chi connectivity index (χ1) is 5.81. The van der Waals surface area contributed by atoms with E-state index in [4.69, 9.17) is 0 Å². The molecule has 0 radical (unpaired) electrons. The molecule has 1 unspecified atom stereocenters. The third-order valence-corrected chi connectivity index (χ3v) is 2.18. The quantitative estimate of drug-likeness (QED) is 0.386. The van der Waals surface area contributed by atoms with Crippen molar-refractivity contribution in [1.29, 1.82) is 0 Å². The zero-order chi connectivity index (χ0) is 9.23. The maximum absolute atomic E-state index is 2.37. The third kappa shape index (κ3) is 7.84. The van der Waals surface area contributed by atoms with Crippen molar-refractivity contribution in [3.63, 3.8) is 0 Å². The molecule has 0 aliphatic rings. The topological polar surface area (TPSA) is 0 Å². The second-order valence-electron chi connectivity index (χ2n) is 3.69. The van der Waals surface area contributed by atoms with E-state index in [0.29, 0.717) is 0 Å². The summed E-state index contributed by atoms with van der Waals surface area (Å²) in [5, 5.41) is 0. The Morgan fingerprint density at radius 3 is 2.42 bits per heavy atom. The van der Waals surface area contributed by atoms with Gasteiger partial charge in [0.15, 0.2) is 0 Å². The first-order valence-electron chi connectivity index (χ1n) is 5.47. The van der Waals surface area contributed by atoms with Gasteiger partial charge in [-0.3, -0.25) is 0 Å². The van der Waals surface area contributed by atoms with Crippen LogP contribution in [0, 0.1) is 5.92 Å². The van der Waals surface area contributed by atoms with Crippen LogP contribution in [0.4, 0.5) is 0 Å². The molecule has 0 amide bonds. The van der Waals surface area contributed by atoms with E-state index in [2.05, 4.69) is 32.9 Å². The summed E-state index contributed by atoms with van der Waals surface area (Å²) >= 11 is 0. The van der Waals surface area contributed by atoms with Crippen LogP contribution in [0.25, 0.3) is 0 Å². The highest BCUT2D eigenvalue weighted by molar-refractivity contribution is 4.85. The van der Waals surface area contributed by atoms with E-state index >= 15 is 0 Å². The largest absolute Gasteiger partial charge is 0.0883 e. The molecule has 0 aromatic heterocycles. The van der Waals surface area contributed by atoms with E-state index in [1.54, 1.807) is 0 Å². The molecule has 0 aliphatic heterocycles. The normalized spacial score (nSPS) is 13.9. The van der Waals surface area contributed by atoms with Gasteiger partial charge in [0.2, 0.25) is 0 Å². The van der Waals surface area contributed by atoms with Crippen LogP contribution in [0.15, 0.2) is 12.2 Å². The Labute approximate surface area is 78.1 Å². The Bertz CT molecular complexity index is 103. The number of unbranched alkanes of at least 4 members (excludes halogenated alkanes) is 3. The van der Waals surface area contributed by atoms with Crippen molar-refractivity contribution in [2.75, 3.05) is 0 Å². The second kappa shape index (κ2) is 8.83. The Balaban J connectivity index is 3.26. The minimum atomic E-state index is 0.795. The summed E-state index contributed by atoms with van der Waals surface area (Å²) < 4.78 is 0. The van der Waals surface area contributed by atoms with E-state index in [1.165, 1.54) is 38.5 Å².